The fraction of sp³-hybridized carbons (Fsp3) is 0.304. The molecule has 2 aromatic rings. The number of fused-ring (bicyclic) bond motifs is 1. The number of carbonyl (C=O) groups excluding carboxylic acids is 4. The fourth-order valence-corrected chi connectivity index (χ4v) is 4.44. The third-order valence-corrected chi connectivity index (χ3v) is 6.53. The topological polar surface area (TPSA) is 140 Å². The number of ether oxygens (including phenoxy) is 2. The van der Waals surface area contributed by atoms with Gasteiger partial charge in [-0.15, -0.1) is 11.8 Å². The van der Waals surface area contributed by atoms with Crippen molar-refractivity contribution in [1.82, 2.24) is 10.2 Å². The Hall–Kier alpha value is -3.73. The van der Waals surface area contributed by atoms with Crippen LogP contribution in [0.4, 0.5) is 10.5 Å². The van der Waals surface area contributed by atoms with Gasteiger partial charge in [-0.1, -0.05) is 18.2 Å². The predicted molar refractivity (Wildman–Crippen MR) is 125 cm³/mol. The molecule has 1 atom stereocenters. The Morgan fingerprint density at radius 3 is 2.65 bits per heavy atom. The Labute approximate surface area is 200 Å². The molecule has 0 aliphatic carbocycles. The number of urea groups is 1. The summed E-state index contributed by atoms with van der Waals surface area (Å²) in [5.41, 5.74) is 4.81. The first-order valence-electron chi connectivity index (χ1n) is 10.6. The molecule has 10 nitrogen and oxygen atoms in total. The van der Waals surface area contributed by atoms with E-state index in [0.29, 0.717) is 40.9 Å². The van der Waals surface area contributed by atoms with E-state index in [0.717, 1.165) is 11.3 Å². The number of para-hydroxylation sites is 1. The first-order chi connectivity index (χ1) is 16.3. The van der Waals surface area contributed by atoms with Crippen LogP contribution < -0.4 is 25.8 Å². The van der Waals surface area contributed by atoms with Crippen LogP contribution in [0, 0.1) is 0 Å². The van der Waals surface area contributed by atoms with E-state index in [1.165, 1.54) is 11.8 Å². The summed E-state index contributed by atoms with van der Waals surface area (Å²) < 4.78 is 11.3. The standard InChI is InChI=1S/C23H24N4O6S/c1-23(14-7-8-16-17(11-14)33-10-4-9-32-16)21(30)27(22(31)26-23)12-20(29)25-15-5-2-3-6-18(15)34-13-19(24)28/h2-3,5-8,11H,4,9-10,12-13H2,1H3,(H2,24,28)(H,25,29)(H,26,31)/t23-/m1/s1. The van der Waals surface area contributed by atoms with E-state index in [-0.39, 0.29) is 5.75 Å². The quantitative estimate of drug-likeness (QED) is 0.402. The lowest BCUT2D eigenvalue weighted by molar-refractivity contribution is -0.133. The molecule has 2 heterocycles. The average molecular weight is 485 g/mol. The van der Waals surface area contributed by atoms with Crippen LogP contribution >= 0.6 is 11.8 Å². The van der Waals surface area contributed by atoms with Crippen molar-refractivity contribution in [3.63, 3.8) is 0 Å². The normalized spacial score (nSPS) is 19.4. The molecule has 34 heavy (non-hydrogen) atoms. The fourth-order valence-electron chi connectivity index (χ4n) is 3.69. The van der Waals surface area contributed by atoms with Crippen molar-refractivity contribution in [2.24, 2.45) is 5.73 Å². The van der Waals surface area contributed by atoms with Gasteiger partial charge in [0.25, 0.3) is 5.91 Å². The molecule has 0 saturated carbocycles. The minimum absolute atomic E-state index is 0.0494. The van der Waals surface area contributed by atoms with Crippen LogP contribution in [0.3, 0.4) is 0 Å². The van der Waals surface area contributed by atoms with Crippen molar-refractivity contribution in [3.05, 3.63) is 48.0 Å². The molecule has 2 aliphatic heterocycles. The summed E-state index contributed by atoms with van der Waals surface area (Å²) in [7, 11) is 0. The third kappa shape index (κ3) is 4.79. The van der Waals surface area contributed by atoms with Gasteiger partial charge in [0.2, 0.25) is 11.8 Å². The summed E-state index contributed by atoms with van der Waals surface area (Å²) in [6, 6.07) is 11.3. The summed E-state index contributed by atoms with van der Waals surface area (Å²) in [6.07, 6.45) is 0.740. The number of nitrogens with one attached hydrogen (secondary N) is 2. The Balaban J connectivity index is 1.48. The number of primary amides is 1. The number of rotatable bonds is 7. The highest BCUT2D eigenvalue weighted by molar-refractivity contribution is 8.00. The monoisotopic (exact) mass is 484 g/mol. The van der Waals surface area contributed by atoms with Crippen molar-refractivity contribution in [3.8, 4) is 11.5 Å². The second kappa shape index (κ2) is 9.64. The van der Waals surface area contributed by atoms with Crippen molar-refractivity contribution >= 4 is 41.2 Å². The molecule has 2 aliphatic rings. The summed E-state index contributed by atoms with van der Waals surface area (Å²) in [6.45, 7) is 2.13. The zero-order valence-corrected chi connectivity index (χ0v) is 19.3. The Bertz CT molecular complexity index is 1160. The number of nitrogens with zero attached hydrogens (tertiary/aromatic N) is 1. The number of anilines is 1. The van der Waals surface area contributed by atoms with E-state index in [1.807, 2.05) is 0 Å². The summed E-state index contributed by atoms with van der Waals surface area (Å²) in [4.78, 5) is 51.2. The number of hydrogen-bond acceptors (Lipinski definition) is 7. The number of imide groups is 1. The van der Waals surface area contributed by atoms with Gasteiger partial charge in [-0.05, 0) is 36.8 Å². The van der Waals surface area contributed by atoms with Gasteiger partial charge in [-0.2, -0.15) is 0 Å². The highest BCUT2D eigenvalue weighted by Gasteiger charge is 2.49. The summed E-state index contributed by atoms with van der Waals surface area (Å²) in [5, 5.41) is 5.38. The van der Waals surface area contributed by atoms with Gasteiger partial charge in [-0.3, -0.25) is 19.3 Å². The van der Waals surface area contributed by atoms with Crippen LogP contribution in [0.15, 0.2) is 47.4 Å². The molecule has 0 aromatic heterocycles. The summed E-state index contributed by atoms with van der Waals surface area (Å²) in [5.74, 6) is -0.477. The molecule has 4 N–H and O–H groups in total. The highest BCUT2D eigenvalue weighted by Crippen LogP contribution is 2.36. The van der Waals surface area contributed by atoms with Gasteiger partial charge >= 0.3 is 6.03 Å². The van der Waals surface area contributed by atoms with Crippen LogP contribution in [0.1, 0.15) is 18.9 Å². The number of thioether (sulfide) groups is 1. The van der Waals surface area contributed by atoms with Gasteiger partial charge in [-0.25, -0.2) is 4.79 Å². The second-order valence-electron chi connectivity index (χ2n) is 7.96. The van der Waals surface area contributed by atoms with Crippen LogP contribution in [0.2, 0.25) is 0 Å². The highest BCUT2D eigenvalue weighted by atomic mass is 32.2. The maximum Gasteiger partial charge on any atom is 0.325 e. The van der Waals surface area contributed by atoms with Crippen LogP contribution in [-0.4, -0.2) is 54.2 Å². The molecular formula is C23H24N4O6S. The Morgan fingerprint density at radius 1 is 1.15 bits per heavy atom. The van der Waals surface area contributed by atoms with Crippen LogP contribution in [0.5, 0.6) is 11.5 Å². The molecule has 178 valence electrons. The molecule has 0 radical (unpaired) electrons. The van der Waals surface area contributed by atoms with Crippen molar-refractivity contribution in [2.75, 3.05) is 30.8 Å². The van der Waals surface area contributed by atoms with Gasteiger partial charge in [0, 0.05) is 11.3 Å². The van der Waals surface area contributed by atoms with Gasteiger partial charge < -0.3 is 25.8 Å². The van der Waals surface area contributed by atoms with E-state index in [4.69, 9.17) is 15.2 Å². The minimum Gasteiger partial charge on any atom is -0.490 e. The Morgan fingerprint density at radius 2 is 1.88 bits per heavy atom. The van der Waals surface area contributed by atoms with Gasteiger partial charge in [0.1, 0.15) is 12.1 Å². The minimum atomic E-state index is -1.36. The second-order valence-corrected chi connectivity index (χ2v) is 8.97. The smallest absolute Gasteiger partial charge is 0.325 e. The van der Waals surface area contributed by atoms with E-state index < -0.39 is 35.8 Å². The number of nitrogens with two attached hydrogens (primary N) is 1. The lowest BCUT2D eigenvalue weighted by Crippen LogP contribution is -2.42. The van der Waals surface area contributed by atoms with Crippen molar-refractivity contribution < 1.29 is 28.7 Å². The zero-order valence-electron chi connectivity index (χ0n) is 18.5. The molecule has 11 heteroatoms. The molecule has 0 bridgehead atoms. The number of hydrogen-bond donors (Lipinski definition) is 3. The predicted octanol–water partition coefficient (Wildman–Crippen LogP) is 1.83. The maximum atomic E-state index is 13.2. The van der Waals surface area contributed by atoms with E-state index in [1.54, 1.807) is 49.4 Å². The maximum absolute atomic E-state index is 13.2. The lowest BCUT2D eigenvalue weighted by Gasteiger charge is -2.23. The average Bonchev–Trinajstić information content (AvgIpc) is 2.97. The molecule has 1 saturated heterocycles. The largest absolute Gasteiger partial charge is 0.490 e. The number of benzene rings is 2. The first kappa shape index (κ1) is 23.4. The van der Waals surface area contributed by atoms with Crippen molar-refractivity contribution in [1.29, 1.82) is 0 Å². The Kier molecular flexibility index (Phi) is 6.64. The molecule has 0 unspecified atom stereocenters. The van der Waals surface area contributed by atoms with E-state index in [9.17, 15) is 19.2 Å². The number of amides is 5. The molecule has 0 spiro atoms. The van der Waals surface area contributed by atoms with Gasteiger partial charge in [0.05, 0.1) is 24.7 Å². The van der Waals surface area contributed by atoms with E-state index in [2.05, 4.69) is 10.6 Å². The van der Waals surface area contributed by atoms with E-state index >= 15 is 0 Å². The van der Waals surface area contributed by atoms with Crippen LogP contribution in [-0.2, 0) is 19.9 Å². The lowest BCUT2D eigenvalue weighted by atomic mass is 9.91. The molecule has 5 amide bonds. The summed E-state index contributed by atoms with van der Waals surface area (Å²) >= 11 is 1.18. The van der Waals surface area contributed by atoms with Crippen LogP contribution in [0.25, 0.3) is 0 Å². The first-order valence-corrected chi connectivity index (χ1v) is 11.6. The number of carbonyl (C=O) groups is 4. The van der Waals surface area contributed by atoms with Gasteiger partial charge in [0.15, 0.2) is 11.5 Å². The molecule has 1 fully saturated rings. The third-order valence-electron chi connectivity index (χ3n) is 5.43. The SMILES string of the molecule is C[C@]1(c2ccc3c(c2)OCCCO3)NC(=O)N(CC(=O)Nc2ccccc2SCC(N)=O)C1=O. The molecule has 2 aromatic carbocycles. The molecule has 4 rings (SSSR count). The zero-order chi connectivity index (χ0) is 24.3. The molecular weight excluding hydrogens is 460 g/mol. The van der Waals surface area contributed by atoms with Crippen molar-refractivity contribution in [2.45, 2.75) is 23.8 Å².